The first kappa shape index (κ1) is 19.8. The van der Waals surface area contributed by atoms with Crippen molar-refractivity contribution >= 4 is 11.9 Å². The van der Waals surface area contributed by atoms with Crippen LogP contribution in [-0.2, 0) is 23.3 Å². The van der Waals surface area contributed by atoms with Crippen LogP contribution in [0.5, 0.6) is 0 Å². The number of carbonyl (C=O) groups is 2. The van der Waals surface area contributed by atoms with Gasteiger partial charge in [-0.15, -0.1) is 0 Å². The lowest BCUT2D eigenvalue weighted by Gasteiger charge is -2.27. The maximum atomic E-state index is 13.7. The normalized spacial score (nSPS) is 18.1. The van der Waals surface area contributed by atoms with Crippen molar-refractivity contribution in [3.63, 3.8) is 0 Å². The van der Waals surface area contributed by atoms with Crippen molar-refractivity contribution in [3.8, 4) is 11.3 Å². The zero-order chi connectivity index (χ0) is 22.0. The Morgan fingerprint density at radius 2 is 1.47 bits per heavy atom. The molecule has 3 aromatic carbocycles. The molecule has 32 heavy (non-hydrogen) atoms. The Hall–Kier alpha value is -4.19. The number of benzene rings is 3. The third kappa shape index (κ3) is 3.56. The molecule has 1 aromatic heterocycles. The van der Waals surface area contributed by atoms with E-state index in [2.05, 4.69) is 10.3 Å². The van der Waals surface area contributed by atoms with Gasteiger partial charge in [-0.25, -0.2) is 9.78 Å². The molecule has 1 aliphatic rings. The highest BCUT2D eigenvalue weighted by atomic mass is 16.4. The van der Waals surface area contributed by atoms with Gasteiger partial charge in [-0.3, -0.25) is 9.69 Å². The number of amides is 3. The van der Waals surface area contributed by atoms with E-state index in [0.29, 0.717) is 18.1 Å². The number of hydrogen-bond donors (Lipinski definition) is 1. The van der Waals surface area contributed by atoms with Gasteiger partial charge in [-0.1, -0.05) is 91.0 Å². The minimum atomic E-state index is -1.19. The van der Waals surface area contributed by atoms with Crippen molar-refractivity contribution in [3.05, 3.63) is 114 Å². The van der Waals surface area contributed by atoms with Crippen LogP contribution in [0, 0.1) is 0 Å². The summed E-state index contributed by atoms with van der Waals surface area (Å²) in [6.07, 6.45) is 1.96. The van der Waals surface area contributed by atoms with Gasteiger partial charge in [0.05, 0.1) is 6.20 Å². The Morgan fingerprint density at radius 1 is 0.844 bits per heavy atom. The Kier molecular flexibility index (Phi) is 5.03. The van der Waals surface area contributed by atoms with E-state index in [1.165, 1.54) is 4.90 Å². The molecule has 6 heteroatoms. The second-order valence-electron chi connectivity index (χ2n) is 7.74. The highest BCUT2D eigenvalue weighted by Crippen LogP contribution is 2.34. The summed E-state index contributed by atoms with van der Waals surface area (Å²) >= 11 is 0. The molecular weight excluding hydrogens is 402 g/mol. The lowest BCUT2D eigenvalue weighted by Crippen LogP contribution is -2.46. The van der Waals surface area contributed by atoms with Gasteiger partial charge in [0.25, 0.3) is 5.91 Å². The van der Waals surface area contributed by atoms with Crippen molar-refractivity contribution in [1.82, 2.24) is 15.2 Å². The van der Waals surface area contributed by atoms with Crippen molar-refractivity contribution in [2.45, 2.75) is 18.5 Å². The predicted octanol–water partition coefficient (Wildman–Crippen LogP) is 4.53. The average molecular weight is 423 g/mol. The van der Waals surface area contributed by atoms with Gasteiger partial charge in [0.15, 0.2) is 11.3 Å². The number of nitrogens with zero attached hydrogens (tertiary/aromatic N) is 2. The maximum absolute atomic E-state index is 13.7. The summed E-state index contributed by atoms with van der Waals surface area (Å²) in [6.45, 7) is -0.0408. The molecule has 0 radical (unpaired) electrons. The summed E-state index contributed by atoms with van der Waals surface area (Å²) in [7, 11) is 0. The van der Waals surface area contributed by atoms with Gasteiger partial charge in [-0.2, -0.15) is 0 Å². The third-order valence-corrected chi connectivity index (χ3v) is 5.66. The standard InChI is InChI=1S/C26H21N3O3/c30-24-26(21-14-8-3-9-15-21,16-19-10-4-1-5-11-19)28-25(31)29(24)18-23-27-17-22(32-23)20-12-6-2-7-13-20/h1-15,17H,16,18H2,(H,28,31). The van der Waals surface area contributed by atoms with E-state index in [1.807, 2.05) is 91.0 Å². The molecule has 1 fully saturated rings. The zero-order valence-electron chi connectivity index (χ0n) is 17.3. The molecule has 0 saturated carbocycles. The van der Waals surface area contributed by atoms with E-state index < -0.39 is 11.6 Å². The van der Waals surface area contributed by atoms with E-state index in [9.17, 15) is 9.59 Å². The molecule has 0 aliphatic carbocycles. The number of carbonyl (C=O) groups excluding carboxylic acids is 2. The quantitative estimate of drug-likeness (QED) is 0.462. The number of oxazole rings is 1. The Balaban J connectivity index is 1.46. The fraction of sp³-hybridized carbons (Fsp3) is 0.115. The number of hydrogen-bond acceptors (Lipinski definition) is 4. The van der Waals surface area contributed by atoms with Gasteiger partial charge < -0.3 is 9.73 Å². The molecule has 6 nitrogen and oxygen atoms in total. The molecule has 1 aliphatic heterocycles. The third-order valence-electron chi connectivity index (χ3n) is 5.66. The molecule has 1 atom stereocenters. The summed E-state index contributed by atoms with van der Waals surface area (Å²) < 4.78 is 5.84. The molecule has 1 N–H and O–H groups in total. The predicted molar refractivity (Wildman–Crippen MR) is 119 cm³/mol. The molecule has 0 spiro atoms. The lowest BCUT2D eigenvalue weighted by atomic mass is 9.83. The van der Waals surface area contributed by atoms with E-state index in [1.54, 1.807) is 6.20 Å². The van der Waals surface area contributed by atoms with Gasteiger partial charge in [-0.05, 0) is 11.1 Å². The van der Waals surface area contributed by atoms with Gasteiger partial charge >= 0.3 is 6.03 Å². The Labute approximate surface area is 185 Å². The van der Waals surface area contributed by atoms with Crippen molar-refractivity contribution in [2.75, 3.05) is 0 Å². The monoisotopic (exact) mass is 423 g/mol. The first-order valence-electron chi connectivity index (χ1n) is 10.4. The molecule has 5 rings (SSSR count). The van der Waals surface area contributed by atoms with Crippen molar-refractivity contribution in [1.29, 1.82) is 0 Å². The van der Waals surface area contributed by atoms with Crippen LogP contribution in [-0.4, -0.2) is 21.8 Å². The molecule has 158 valence electrons. The molecular formula is C26H21N3O3. The highest BCUT2D eigenvalue weighted by molar-refractivity contribution is 6.07. The molecule has 1 unspecified atom stereocenters. The first-order chi connectivity index (χ1) is 15.7. The lowest BCUT2D eigenvalue weighted by molar-refractivity contribution is -0.132. The summed E-state index contributed by atoms with van der Waals surface area (Å²) in [4.78, 5) is 32.1. The number of nitrogens with one attached hydrogen (secondary N) is 1. The van der Waals surface area contributed by atoms with E-state index in [0.717, 1.165) is 16.7 Å². The van der Waals surface area contributed by atoms with Crippen LogP contribution in [0.25, 0.3) is 11.3 Å². The molecule has 3 amide bonds. The minimum absolute atomic E-state index is 0.0408. The second kappa shape index (κ2) is 8.15. The summed E-state index contributed by atoms with van der Waals surface area (Å²) in [5, 5.41) is 2.96. The number of aromatic nitrogens is 1. The molecule has 4 aromatic rings. The van der Waals surface area contributed by atoms with Crippen LogP contribution < -0.4 is 5.32 Å². The number of rotatable bonds is 6. The molecule has 2 heterocycles. The number of imide groups is 1. The molecule has 1 saturated heterocycles. The summed E-state index contributed by atoms with van der Waals surface area (Å²) in [5.74, 6) is 0.569. The van der Waals surface area contributed by atoms with E-state index in [-0.39, 0.29) is 12.5 Å². The second-order valence-corrected chi connectivity index (χ2v) is 7.74. The van der Waals surface area contributed by atoms with Gasteiger partial charge in [0.2, 0.25) is 5.89 Å². The maximum Gasteiger partial charge on any atom is 0.325 e. The van der Waals surface area contributed by atoms with Crippen LogP contribution in [0.4, 0.5) is 4.79 Å². The highest BCUT2D eigenvalue weighted by Gasteiger charge is 2.52. The van der Waals surface area contributed by atoms with E-state index >= 15 is 0 Å². The topological polar surface area (TPSA) is 75.4 Å². The van der Waals surface area contributed by atoms with Gasteiger partial charge in [0.1, 0.15) is 6.54 Å². The van der Waals surface area contributed by atoms with E-state index in [4.69, 9.17) is 4.42 Å². The largest absolute Gasteiger partial charge is 0.439 e. The SMILES string of the molecule is O=C1NC(Cc2ccccc2)(c2ccccc2)C(=O)N1Cc1ncc(-c2ccccc2)o1. The molecule has 0 bridgehead atoms. The van der Waals surface area contributed by atoms with Crippen LogP contribution >= 0.6 is 0 Å². The fourth-order valence-corrected chi connectivity index (χ4v) is 4.07. The zero-order valence-corrected chi connectivity index (χ0v) is 17.3. The first-order valence-corrected chi connectivity index (χ1v) is 10.4. The van der Waals surface area contributed by atoms with Gasteiger partial charge in [0, 0.05) is 12.0 Å². The Morgan fingerprint density at radius 3 is 2.16 bits per heavy atom. The minimum Gasteiger partial charge on any atom is -0.439 e. The van der Waals surface area contributed by atoms with Crippen molar-refractivity contribution < 1.29 is 14.0 Å². The number of urea groups is 1. The van der Waals surface area contributed by atoms with Crippen LogP contribution in [0.1, 0.15) is 17.0 Å². The van der Waals surface area contributed by atoms with Crippen LogP contribution in [0.2, 0.25) is 0 Å². The average Bonchev–Trinajstić information content (AvgIpc) is 3.40. The van der Waals surface area contributed by atoms with Crippen LogP contribution in [0.3, 0.4) is 0 Å². The Bertz CT molecular complexity index is 1240. The summed E-state index contributed by atoms with van der Waals surface area (Å²) in [5.41, 5.74) is 1.39. The van der Waals surface area contributed by atoms with Crippen LogP contribution in [0.15, 0.2) is 102 Å². The summed E-state index contributed by atoms with van der Waals surface area (Å²) in [6, 6.07) is 28.1. The fourth-order valence-electron chi connectivity index (χ4n) is 4.07. The smallest absolute Gasteiger partial charge is 0.325 e. The van der Waals surface area contributed by atoms with Crippen molar-refractivity contribution in [2.24, 2.45) is 0 Å².